The smallest absolute Gasteiger partial charge is 0.0471 e. The van der Waals surface area contributed by atoms with Crippen molar-refractivity contribution in [2.75, 3.05) is 13.2 Å². The van der Waals surface area contributed by atoms with Gasteiger partial charge in [0.2, 0.25) is 0 Å². The fourth-order valence-corrected chi connectivity index (χ4v) is 0.921. The van der Waals surface area contributed by atoms with E-state index < -0.39 is 0 Å². The molecule has 0 saturated heterocycles. The van der Waals surface area contributed by atoms with Gasteiger partial charge in [-0.15, -0.1) is 0 Å². The Morgan fingerprint density at radius 2 is 1.91 bits per heavy atom. The number of aliphatic hydroxyl groups is 1. The molecule has 0 aromatic heterocycles. The molecule has 0 aliphatic heterocycles. The molecule has 0 radical (unpaired) electrons. The van der Waals surface area contributed by atoms with Gasteiger partial charge in [-0.2, -0.15) is 0 Å². The topological polar surface area (TPSA) is 46.2 Å². The Balaban J connectivity index is 3.51. The molecule has 0 saturated carbocycles. The molecule has 0 heterocycles. The van der Waals surface area contributed by atoms with E-state index in [1.165, 1.54) is 0 Å². The van der Waals surface area contributed by atoms with Gasteiger partial charge in [0.15, 0.2) is 0 Å². The molecule has 11 heavy (non-hydrogen) atoms. The van der Waals surface area contributed by atoms with Crippen molar-refractivity contribution < 1.29 is 5.11 Å². The Morgan fingerprint density at radius 3 is 2.18 bits per heavy atom. The van der Waals surface area contributed by atoms with E-state index in [1.807, 2.05) is 0 Å². The maximum absolute atomic E-state index is 8.84. The van der Waals surface area contributed by atoms with E-state index in [0.717, 1.165) is 12.8 Å². The zero-order chi connectivity index (χ0) is 8.91. The summed E-state index contributed by atoms with van der Waals surface area (Å²) in [6, 6.07) is 0. The Morgan fingerprint density at radius 1 is 1.36 bits per heavy atom. The highest BCUT2D eigenvalue weighted by Crippen LogP contribution is 2.22. The third kappa shape index (κ3) is 6.32. The summed E-state index contributed by atoms with van der Waals surface area (Å²) in [7, 11) is 0. The summed E-state index contributed by atoms with van der Waals surface area (Å²) < 4.78 is 0. The third-order valence-corrected chi connectivity index (χ3v) is 1.89. The van der Waals surface area contributed by atoms with Gasteiger partial charge in [0.1, 0.15) is 0 Å². The van der Waals surface area contributed by atoms with Crippen LogP contribution in [0.4, 0.5) is 0 Å². The first-order valence-corrected chi connectivity index (χ1v) is 4.30. The van der Waals surface area contributed by atoms with E-state index in [9.17, 15) is 0 Å². The quantitative estimate of drug-likeness (QED) is 0.651. The molecule has 2 heteroatoms. The number of hydrogen-bond donors (Lipinski definition) is 2. The van der Waals surface area contributed by atoms with E-state index in [-0.39, 0.29) is 6.61 Å². The summed E-state index contributed by atoms with van der Waals surface area (Å²) in [5, 5.41) is 8.84. The van der Waals surface area contributed by atoms with E-state index in [1.54, 1.807) is 0 Å². The molecule has 1 unspecified atom stereocenters. The predicted molar refractivity (Wildman–Crippen MR) is 48.3 cm³/mol. The Hall–Kier alpha value is -0.0800. The first-order chi connectivity index (χ1) is 4.99. The van der Waals surface area contributed by atoms with Gasteiger partial charge in [0.25, 0.3) is 0 Å². The molecule has 1 atom stereocenters. The molecule has 0 rings (SSSR count). The van der Waals surface area contributed by atoms with Crippen molar-refractivity contribution in [3.05, 3.63) is 0 Å². The fourth-order valence-electron chi connectivity index (χ4n) is 0.921. The molecule has 3 N–H and O–H groups in total. The minimum Gasteiger partial charge on any atom is -0.396 e. The summed E-state index contributed by atoms with van der Waals surface area (Å²) in [5.74, 6) is 0.300. The summed E-state index contributed by atoms with van der Waals surface area (Å²) in [6.45, 7) is 7.45. The van der Waals surface area contributed by atoms with Crippen LogP contribution in [0, 0.1) is 11.3 Å². The zero-order valence-corrected chi connectivity index (χ0v) is 7.93. The van der Waals surface area contributed by atoms with Crippen LogP contribution < -0.4 is 5.73 Å². The van der Waals surface area contributed by atoms with Crippen molar-refractivity contribution in [2.45, 2.75) is 33.6 Å². The van der Waals surface area contributed by atoms with Gasteiger partial charge in [-0.05, 0) is 30.7 Å². The molecule has 68 valence electrons. The van der Waals surface area contributed by atoms with Crippen LogP contribution in [0.1, 0.15) is 33.6 Å². The van der Waals surface area contributed by atoms with Crippen molar-refractivity contribution in [1.29, 1.82) is 0 Å². The molecule has 0 aromatic carbocycles. The number of nitrogens with two attached hydrogens (primary N) is 1. The zero-order valence-electron chi connectivity index (χ0n) is 7.93. The highest BCUT2D eigenvalue weighted by Gasteiger charge is 2.13. The van der Waals surface area contributed by atoms with Crippen LogP contribution in [0.3, 0.4) is 0 Å². The molecule has 0 aromatic rings. The third-order valence-electron chi connectivity index (χ3n) is 1.89. The van der Waals surface area contributed by atoms with Crippen LogP contribution >= 0.6 is 0 Å². The largest absolute Gasteiger partial charge is 0.396 e. The minimum absolute atomic E-state index is 0.229. The standard InChI is InChI=1S/C9H21NO/c1-9(2,3)5-4-8(6-10)7-11/h8,11H,4-7,10H2,1-3H3. The van der Waals surface area contributed by atoms with Gasteiger partial charge in [-0.1, -0.05) is 20.8 Å². The Bertz CT molecular complexity index is 92.2. The van der Waals surface area contributed by atoms with E-state index in [4.69, 9.17) is 10.8 Å². The lowest BCUT2D eigenvalue weighted by Crippen LogP contribution is -2.20. The molecule has 0 aliphatic rings. The molecule has 0 bridgehead atoms. The van der Waals surface area contributed by atoms with Gasteiger partial charge in [0, 0.05) is 6.61 Å². The second kappa shape index (κ2) is 4.73. The maximum Gasteiger partial charge on any atom is 0.0471 e. The maximum atomic E-state index is 8.84. The molecular formula is C9H21NO. The summed E-state index contributed by atoms with van der Waals surface area (Å²) in [6.07, 6.45) is 2.17. The molecule has 2 nitrogen and oxygen atoms in total. The van der Waals surface area contributed by atoms with Gasteiger partial charge in [-0.25, -0.2) is 0 Å². The predicted octanol–water partition coefficient (Wildman–Crippen LogP) is 1.38. The van der Waals surface area contributed by atoms with Crippen LogP contribution in [0.5, 0.6) is 0 Å². The highest BCUT2D eigenvalue weighted by atomic mass is 16.3. The van der Waals surface area contributed by atoms with Crippen LogP contribution in [-0.4, -0.2) is 18.3 Å². The van der Waals surface area contributed by atoms with Crippen molar-refractivity contribution in [3.8, 4) is 0 Å². The van der Waals surface area contributed by atoms with Crippen molar-refractivity contribution in [3.63, 3.8) is 0 Å². The second-order valence-corrected chi connectivity index (χ2v) is 4.38. The van der Waals surface area contributed by atoms with Gasteiger partial charge in [-0.3, -0.25) is 0 Å². The van der Waals surface area contributed by atoms with E-state index >= 15 is 0 Å². The van der Waals surface area contributed by atoms with E-state index in [0.29, 0.717) is 17.9 Å². The Labute approximate surface area is 69.8 Å². The average Bonchev–Trinajstić information content (AvgIpc) is 1.88. The van der Waals surface area contributed by atoms with E-state index in [2.05, 4.69) is 20.8 Å². The monoisotopic (exact) mass is 159 g/mol. The Kier molecular flexibility index (Phi) is 4.69. The second-order valence-electron chi connectivity index (χ2n) is 4.38. The molecule has 0 amide bonds. The SMILES string of the molecule is CC(C)(C)CCC(CN)CO. The van der Waals surface area contributed by atoms with Gasteiger partial charge >= 0.3 is 0 Å². The summed E-state index contributed by atoms with van der Waals surface area (Å²) >= 11 is 0. The summed E-state index contributed by atoms with van der Waals surface area (Å²) in [4.78, 5) is 0. The van der Waals surface area contributed by atoms with Crippen LogP contribution in [0.2, 0.25) is 0 Å². The minimum atomic E-state index is 0.229. The molecular weight excluding hydrogens is 138 g/mol. The number of hydrogen-bond acceptors (Lipinski definition) is 2. The van der Waals surface area contributed by atoms with Gasteiger partial charge in [0.05, 0.1) is 0 Å². The van der Waals surface area contributed by atoms with Crippen molar-refractivity contribution in [2.24, 2.45) is 17.1 Å². The van der Waals surface area contributed by atoms with Crippen LogP contribution in [0.25, 0.3) is 0 Å². The average molecular weight is 159 g/mol. The van der Waals surface area contributed by atoms with Gasteiger partial charge < -0.3 is 10.8 Å². The summed E-state index contributed by atoms with van der Waals surface area (Å²) in [5.41, 5.74) is 5.82. The molecule has 0 spiro atoms. The fraction of sp³-hybridized carbons (Fsp3) is 1.00. The van der Waals surface area contributed by atoms with Crippen molar-refractivity contribution in [1.82, 2.24) is 0 Å². The lowest BCUT2D eigenvalue weighted by Gasteiger charge is -2.20. The van der Waals surface area contributed by atoms with Crippen molar-refractivity contribution >= 4 is 0 Å². The van der Waals surface area contributed by atoms with Crippen LogP contribution in [0.15, 0.2) is 0 Å². The number of aliphatic hydroxyl groups excluding tert-OH is 1. The lowest BCUT2D eigenvalue weighted by atomic mass is 9.87. The molecule has 0 aliphatic carbocycles. The first kappa shape index (κ1) is 10.9. The number of rotatable bonds is 4. The van der Waals surface area contributed by atoms with Crippen LogP contribution in [-0.2, 0) is 0 Å². The first-order valence-electron chi connectivity index (χ1n) is 4.30. The highest BCUT2D eigenvalue weighted by molar-refractivity contribution is 4.66. The normalized spacial score (nSPS) is 15.0. The molecule has 0 fully saturated rings. The lowest BCUT2D eigenvalue weighted by molar-refractivity contribution is 0.205.